The Morgan fingerprint density at radius 1 is 1.21 bits per heavy atom. The van der Waals surface area contributed by atoms with Crippen molar-refractivity contribution in [3.63, 3.8) is 0 Å². The molecule has 0 bridgehead atoms. The number of hydrogen-bond donors (Lipinski definition) is 3. The number of hydrogen-bond acceptors (Lipinski definition) is 8. The lowest BCUT2D eigenvalue weighted by Gasteiger charge is -2.13. The quantitative estimate of drug-likeness (QED) is 0.379. The predicted octanol–water partition coefficient (Wildman–Crippen LogP) is 2.87. The number of aryl methyl sites for hydroxylation is 1. The number of carbonyl (C=O) groups excluding carboxylic acids is 1. The third-order valence-electron chi connectivity index (χ3n) is 4.43. The van der Waals surface area contributed by atoms with Gasteiger partial charge in [-0.15, -0.1) is 13.2 Å². The van der Waals surface area contributed by atoms with Crippen molar-refractivity contribution in [1.29, 1.82) is 0 Å². The van der Waals surface area contributed by atoms with Gasteiger partial charge >= 0.3 is 12.4 Å². The van der Waals surface area contributed by atoms with Crippen LogP contribution >= 0.6 is 0 Å². The third-order valence-corrected chi connectivity index (χ3v) is 4.43. The molecule has 182 valence electrons. The molecule has 2 aromatic heterocycles. The van der Waals surface area contributed by atoms with E-state index in [0.717, 1.165) is 12.1 Å². The number of amides is 1. The Morgan fingerprint density at radius 3 is 2.56 bits per heavy atom. The molecule has 1 amide bonds. The van der Waals surface area contributed by atoms with Crippen LogP contribution in [-0.4, -0.2) is 57.1 Å². The van der Waals surface area contributed by atoms with Crippen LogP contribution in [0.15, 0.2) is 36.7 Å². The first-order chi connectivity index (χ1) is 16.2. The van der Waals surface area contributed by atoms with Crippen LogP contribution in [-0.2, 0) is 6.54 Å². The molecule has 0 aliphatic carbocycles. The monoisotopic (exact) mass is 480 g/mol. The van der Waals surface area contributed by atoms with Crippen molar-refractivity contribution in [1.82, 2.24) is 24.8 Å². The first-order valence-electron chi connectivity index (χ1n) is 10.2. The molecule has 2 heterocycles. The molecule has 0 saturated heterocycles. The topological polar surface area (TPSA) is 123 Å². The minimum Gasteiger partial charge on any atom is -0.425 e. The van der Waals surface area contributed by atoms with Gasteiger partial charge in [-0.3, -0.25) is 9.36 Å². The summed E-state index contributed by atoms with van der Waals surface area (Å²) in [7, 11) is 1.56. The molecular weight excluding hydrogens is 457 g/mol. The summed E-state index contributed by atoms with van der Waals surface area (Å²) < 4.78 is 48.9. The summed E-state index contributed by atoms with van der Waals surface area (Å²) in [5.41, 5.74) is 0.757. The number of rotatable bonds is 10. The number of aliphatic hydroxyl groups excluding tert-OH is 1. The predicted molar refractivity (Wildman–Crippen MR) is 115 cm³/mol. The lowest BCUT2D eigenvalue weighted by molar-refractivity contribution is -0.274. The Labute approximate surface area is 192 Å². The van der Waals surface area contributed by atoms with E-state index in [1.54, 1.807) is 26.4 Å². The minimum absolute atomic E-state index is 0.0167. The third kappa shape index (κ3) is 6.57. The van der Waals surface area contributed by atoms with Crippen molar-refractivity contribution in [2.45, 2.75) is 26.3 Å². The summed E-state index contributed by atoms with van der Waals surface area (Å²) in [5, 5.41) is 14.5. The number of alkyl halides is 3. The Bertz CT molecular complexity index is 1120. The van der Waals surface area contributed by atoms with Crippen LogP contribution in [0.4, 0.5) is 19.0 Å². The van der Waals surface area contributed by atoms with E-state index in [-0.39, 0.29) is 43.0 Å². The summed E-state index contributed by atoms with van der Waals surface area (Å²) in [5.74, 6) is -0.186. The molecule has 0 spiro atoms. The molecule has 3 N–H and O–H groups in total. The normalized spacial score (nSPS) is 11.2. The maximum atomic E-state index is 12.9. The summed E-state index contributed by atoms with van der Waals surface area (Å²) >= 11 is 0. The van der Waals surface area contributed by atoms with Crippen molar-refractivity contribution in [3.05, 3.63) is 53.7 Å². The van der Waals surface area contributed by atoms with E-state index in [9.17, 15) is 18.0 Å². The minimum atomic E-state index is -4.86. The van der Waals surface area contributed by atoms with Gasteiger partial charge in [0.15, 0.2) is 11.5 Å². The molecule has 0 saturated carbocycles. The van der Waals surface area contributed by atoms with Gasteiger partial charge in [0.1, 0.15) is 17.3 Å². The van der Waals surface area contributed by atoms with Crippen LogP contribution in [0.25, 0.3) is 0 Å². The van der Waals surface area contributed by atoms with Gasteiger partial charge in [-0.2, -0.15) is 4.98 Å². The number of anilines is 1. The molecule has 0 fully saturated rings. The number of imidazole rings is 1. The fraction of sp³-hybridized carbons (Fsp3) is 0.333. The van der Waals surface area contributed by atoms with Crippen molar-refractivity contribution in [2.24, 2.45) is 0 Å². The van der Waals surface area contributed by atoms with Crippen molar-refractivity contribution in [2.75, 3.05) is 25.5 Å². The standard InChI is InChI=1S/C21H23F3N6O4/c1-13-27-10-14(11-28-13)12-30-17(19(32)26-7-4-8-31)18(25-2)29-20(30)33-15-5-3-6-16(9-15)34-21(22,23)24/h3,5-6,9-11,25,31H,4,7-8,12H2,1-2H3,(H,26,32). The van der Waals surface area contributed by atoms with Crippen LogP contribution in [0.1, 0.15) is 28.3 Å². The summed E-state index contributed by atoms with van der Waals surface area (Å²) in [6.07, 6.45) is -1.34. The molecule has 0 radical (unpaired) electrons. The van der Waals surface area contributed by atoms with Crippen LogP contribution < -0.4 is 20.1 Å². The molecule has 3 aromatic rings. The zero-order chi connectivity index (χ0) is 24.7. The van der Waals surface area contributed by atoms with E-state index in [2.05, 4.69) is 30.3 Å². The highest BCUT2D eigenvalue weighted by Crippen LogP contribution is 2.31. The van der Waals surface area contributed by atoms with E-state index in [1.807, 2.05) is 0 Å². The number of aliphatic hydroxyl groups is 1. The zero-order valence-electron chi connectivity index (χ0n) is 18.4. The van der Waals surface area contributed by atoms with Crippen LogP contribution in [0.2, 0.25) is 0 Å². The van der Waals surface area contributed by atoms with Gasteiger partial charge in [0.25, 0.3) is 5.91 Å². The Morgan fingerprint density at radius 2 is 1.91 bits per heavy atom. The van der Waals surface area contributed by atoms with E-state index < -0.39 is 18.0 Å². The van der Waals surface area contributed by atoms with Gasteiger partial charge in [-0.05, 0) is 25.5 Å². The summed E-state index contributed by atoms with van der Waals surface area (Å²) in [6, 6.07) is 4.90. The molecule has 0 aliphatic rings. The number of aromatic nitrogens is 4. The lowest BCUT2D eigenvalue weighted by Crippen LogP contribution is -2.28. The fourth-order valence-electron chi connectivity index (χ4n) is 2.95. The zero-order valence-corrected chi connectivity index (χ0v) is 18.4. The van der Waals surface area contributed by atoms with Gasteiger partial charge in [0.05, 0.1) is 6.54 Å². The number of ether oxygens (including phenoxy) is 2. The highest BCUT2D eigenvalue weighted by molar-refractivity contribution is 5.97. The first-order valence-corrected chi connectivity index (χ1v) is 10.2. The second-order valence-corrected chi connectivity index (χ2v) is 7.02. The van der Waals surface area contributed by atoms with Crippen molar-refractivity contribution >= 4 is 11.7 Å². The van der Waals surface area contributed by atoms with Gasteiger partial charge in [0.2, 0.25) is 0 Å². The van der Waals surface area contributed by atoms with Crippen LogP contribution in [0.3, 0.4) is 0 Å². The average molecular weight is 480 g/mol. The second kappa shape index (κ2) is 10.8. The molecule has 10 nitrogen and oxygen atoms in total. The Kier molecular flexibility index (Phi) is 7.89. The number of carbonyl (C=O) groups is 1. The van der Waals surface area contributed by atoms with Crippen LogP contribution in [0.5, 0.6) is 17.5 Å². The summed E-state index contributed by atoms with van der Waals surface area (Å²) in [6.45, 7) is 1.95. The molecule has 34 heavy (non-hydrogen) atoms. The maximum absolute atomic E-state index is 12.9. The number of halogens is 3. The maximum Gasteiger partial charge on any atom is 0.573 e. The summed E-state index contributed by atoms with van der Waals surface area (Å²) in [4.78, 5) is 25.5. The van der Waals surface area contributed by atoms with Crippen LogP contribution in [0, 0.1) is 6.92 Å². The van der Waals surface area contributed by atoms with E-state index in [4.69, 9.17) is 9.84 Å². The Balaban J connectivity index is 1.99. The molecule has 1 aromatic carbocycles. The Hall–Kier alpha value is -3.87. The SMILES string of the molecule is CNc1nc(Oc2cccc(OC(F)(F)F)c2)n(Cc2cnc(C)nc2)c1C(=O)NCCCO. The smallest absolute Gasteiger partial charge is 0.425 e. The highest BCUT2D eigenvalue weighted by Gasteiger charge is 2.31. The average Bonchev–Trinajstić information content (AvgIpc) is 3.11. The van der Waals surface area contributed by atoms with Crippen molar-refractivity contribution in [3.8, 4) is 17.5 Å². The fourth-order valence-corrected chi connectivity index (χ4v) is 2.95. The second-order valence-electron chi connectivity index (χ2n) is 7.02. The number of benzene rings is 1. The molecular formula is C21H23F3N6O4. The van der Waals surface area contributed by atoms with E-state index >= 15 is 0 Å². The molecule has 0 unspecified atom stereocenters. The number of nitrogens with one attached hydrogen (secondary N) is 2. The largest absolute Gasteiger partial charge is 0.573 e. The molecule has 13 heteroatoms. The number of nitrogens with zero attached hydrogens (tertiary/aromatic N) is 4. The lowest BCUT2D eigenvalue weighted by atomic mass is 10.3. The van der Waals surface area contributed by atoms with E-state index in [0.29, 0.717) is 17.8 Å². The van der Waals surface area contributed by atoms with Gasteiger partial charge in [0, 0.05) is 44.2 Å². The van der Waals surface area contributed by atoms with Gasteiger partial charge in [-0.25, -0.2) is 9.97 Å². The highest BCUT2D eigenvalue weighted by atomic mass is 19.4. The van der Waals surface area contributed by atoms with Gasteiger partial charge in [-0.1, -0.05) is 6.07 Å². The van der Waals surface area contributed by atoms with E-state index in [1.165, 1.54) is 16.7 Å². The van der Waals surface area contributed by atoms with Gasteiger partial charge < -0.3 is 25.2 Å². The molecule has 3 rings (SSSR count). The molecule has 0 atom stereocenters. The first kappa shape index (κ1) is 24.8. The molecule has 0 aliphatic heterocycles. The van der Waals surface area contributed by atoms with Crippen molar-refractivity contribution < 1.29 is 32.5 Å².